The summed E-state index contributed by atoms with van der Waals surface area (Å²) in [6.07, 6.45) is 3.20. The molecular weight excluding hydrogens is 428 g/mol. The summed E-state index contributed by atoms with van der Waals surface area (Å²) in [7, 11) is 1.65. The predicted molar refractivity (Wildman–Crippen MR) is 116 cm³/mol. The van der Waals surface area contributed by atoms with E-state index in [0.717, 1.165) is 13.1 Å². The monoisotopic (exact) mass is 452 g/mol. The summed E-state index contributed by atoms with van der Waals surface area (Å²) >= 11 is 0. The molecule has 3 aromatic rings. The van der Waals surface area contributed by atoms with Gasteiger partial charge in [0.1, 0.15) is 5.69 Å². The van der Waals surface area contributed by atoms with Crippen molar-refractivity contribution in [1.82, 2.24) is 29.3 Å². The number of hydrogen-bond acceptors (Lipinski definition) is 8. The van der Waals surface area contributed by atoms with Crippen LogP contribution in [0.5, 0.6) is 0 Å². The van der Waals surface area contributed by atoms with Crippen molar-refractivity contribution >= 4 is 29.1 Å². The molecule has 0 aliphatic carbocycles. The number of likely N-dealkylation sites (tertiary alicyclic amines) is 1. The van der Waals surface area contributed by atoms with Gasteiger partial charge in [-0.05, 0) is 6.07 Å². The van der Waals surface area contributed by atoms with E-state index in [9.17, 15) is 9.59 Å². The van der Waals surface area contributed by atoms with Crippen LogP contribution >= 0.6 is 0 Å². The van der Waals surface area contributed by atoms with Gasteiger partial charge in [0.25, 0.3) is 11.8 Å². The first kappa shape index (κ1) is 20.1. The summed E-state index contributed by atoms with van der Waals surface area (Å²) in [5, 5.41) is 11.5. The fraction of sp³-hybridized carbons (Fsp3) is 0.476. The molecule has 6 heterocycles. The lowest BCUT2D eigenvalue weighted by Crippen LogP contribution is -2.67. The Morgan fingerprint density at radius 1 is 1.15 bits per heavy atom. The number of pyridine rings is 1. The van der Waals surface area contributed by atoms with Crippen LogP contribution in [-0.4, -0.2) is 93.7 Å². The fourth-order valence-corrected chi connectivity index (χ4v) is 4.55. The molecule has 12 nitrogen and oxygen atoms in total. The quantitative estimate of drug-likeness (QED) is 0.589. The SMILES string of the molecule is Cn1ncc(C(=O)N2CC3(COC3)C2)c1C(=O)Nc1ccn2nc(N3CCOCC3)nc2c1. The van der Waals surface area contributed by atoms with Crippen molar-refractivity contribution in [3.63, 3.8) is 0 Å². The first-order chi connectivity index (χ1) is 16.0. The van der Waals surface area contributed by atoms with E-state index >= 15 is 0 Å². The van der Waals surface area contributed by atoms with Gasteiger partial charge in [0.2, 0.25) is 5.95 Å². The Bertz CT molecular complexity index is 1230. The van der Waals surface area contributed by atoms with Gasteiger partial charge < -0.3 is 24.6 Å². The number of carbonyl (C=O) groups excluding carboxylic acids is 2. The average Bonchev–Trinajstić information content (AvgIpc) is 3.35. The van der Waals surface area contributed by atoms with E-state index in [1.807, 2.05) is 0 Å². The molecule has 3 saturated heterocycles. The molecule has 2 amide bonds. The Balaban J connectivity index is 1.19. The van der Waals surface area contributed by atoms with E-state index in [0.29, 0.717) is 62.4 Å². The molecule has 0 saturated carbocycles. The van der Waals surface area contributed by atoms with E-state index in [1.165, 1.54) is 10.9 Å². The number of rotatable bonds is 4. The van der Waals surface area contributed by atoms with Gasteiger partial charge in [-0.25, -0.2) is 4.52 Å². The minimum atomic E-state index is -0.405. The van der Waals surface area contributed by atoms with Gasteiger partial charge in [0.05, 0.1) is 43.6 Å². The summed E-state index contributed by atoms with van der Waals surface area (Å²) in [5.74, 6) is 0.0390. The third-order valence-corrected chi connectivity index (χ3v) is 6.42. The fourth-order valence-electron chi connectivity index (χ4n) is 4.55. The maximum absolute atomic E-state index is 13.1. The van der Waals surface area contributed by atoms with Gasteiger partial charge in [0, 0.05) is 51.2 Å². The van der Waals surface area contributed by atoms with Gasteiger partial charge in [-0.1, -0.05) is 0 Å². The Hall–Kier alpha value is -3.51. The van der Waals surface area contributed by atoms with E-state index in [2.05, 4.69) is 25.4 Å². The molecule has 12 heteroatoms. The molecular formula is C21H24N8O4. The van der Waals surface area contributed by atoms with Crippen molar-refractivity contribution < 1.29 is 19.1 Å². The molecule has 0 atom stereocenters. The molecule has 3 aromatic heterocycles. The topological polar surface area (TPSA) is 119 Å². The number of aromatic nitrogens is 5. The number of carbonyl (C=O) groups is 2. The lowest BCUT2D eigenvalue weighted by atomic mass is 9.78. The summed E-state index contributed by atoms with van der Waals surface area (Å²) < 4.78 is 13.8. The van der Waals surface area contributed by atoms with Crippen molar-refractivity contribution in [2.75, 3.05) is 62.8 Å². The van der Waals surface area contributed by atoms with Gasteiger partial charge >= 0.3 is 0 Å². The average molecular weight is 452 g/mol. The second-order valence-corrected chi connectivity index (χ2v) is 8.87. The third kappa shape index (κ3) is 3.42. The summed E-state index contributed by atoms with van der Waals surface area (Å²) in [6.45, 7) is 5.45. The number of aryl methyl sites for hydroxylation is 1. The number of morpholine rings is 1. The van der Waals surface area contributed by atoms with Crippen LogP contribution in [0.1, 0.15) is 20.8 Å². The molecule has 3 aliphatic heterocycles. The largest absolute Gasteiger partial charge is 0.380 e. The highest BCUT2D eigenvalue weighted by atomic mass is 16.5. The second-order valence-electron chi connectivity index (χ2n) is 8.87. The van der Waals surface area contributed by atoms with Gasteiger partial charge in [-0.15, -0.1) is 5.10 Å². The Morgan fingerprint density at radius 3 is 2.67 bits per heavy atom. The minimum absolute atomic E-state index is 0.105. The highest BCUT2D eigenvalue weighted by Gasteiger charge is 2.51. The summed E-state index contributed by atoms with van der Waals surface area (Å²) in [5.41, 5.74) is 1.80. The molecule has 0 radical (unpaired) electrons. The highest BCUT2D eigenvalue weighted by Crippen LogP contribution is 2.38. The van der Waals surface area contributed by atoms with Crippen molar-refractivity contribution in [1.29, 1.82) is 0 Å². The van der Waals surface area contributed by atoms with Gasteiger partial charge in [-0.2, -0.15) is 10.1 Å². The van der Waals surface area contributed by atoms with Crippen molar-refractivity contribution in [2.45, 2.75) is 0 Å². The highest BCUT2D eigenvalue weighted by molar-refractivity contribution is 6.11. The van der Waals surface area contributed by atoms with Crippen LogP contribution in [0, 0.1) is 5.41 Å². The van der Waals surface area contributed by atoms with Crippen LogP contribution in [0.4, 0.5) is 11.6 Å². The summed E-state index contributed by atoms with van der Waals surface area (Å²) in [4.78, 5) is 34.5. The van der Waals surface area contributed by atoms with E-state index in [4.69, 9.17) is 9.47 Å². The van der Waals surface area contributed by atoms with Crippen LogP contribution in [0.15, 0.2) is 24.5 Å². The van der Waals surface area contributed by atoms with Crippen LogP contribution < -0.4 is 10.2 Å². The second kappa shape index (κ2) is 7.52. The zero-order valence-electron chi connectivity index (χ0n) is 18.2. The standard InChI is InChI=1S/C21H24N8O4/c1-26-17(15(9-22-26)19(31)28-10-21(11-28)12-33-13-21)18(30)23-14-2-3-29-16(8-14)24-20(25-29)27-4-6-32-7-5-27/h2-3,8-9H,4-7,10-13H2,1H3,(H,23,30). The Labute approximate surface area is 189 Å². The molecule has 1 spiro atoms. The maximum Gasteiger partial charge on any atom is 0.274 e. The number of anilines is 2. The smallest absolute Gasteiger partial charge is 0.274 e. The zero-order valence-corrected chi connectivity index (χ0v) is 18.2. The molecule has 0 bridgehead atoms. The maximum atomic E-state index is 13.1. The lowest BCUT2D eigenvalue weighted by Gasteiger charge is -2.54. The number of fused-ring (bicyclic) bond motifs is 1. The minimum Gasteiger partial charge on any atom is -0.380 e. The number of ether oxygens (including phenoxy) is 2. The van der Waals surface area contributed by atoms with Crippen molar-refractivity contribution in [3.05, 3.63) is 35.8 Å². The van der Waals surface area contributed by atoms with Gasteiger partial charge in [-0.3, -0.25) is 14.3 Å². The van der Waals surface area contributed by atoms with Crippen LogP contribution in [0.3, 0.4) is 0 Å². The van der Waals surface area contributed by atoms with Crippen LogP contribution in [0.2, 0.25) is 0 Å². The molecule has 172 valence electrons. The first-order valence-electron chi connectivity index (χ1n) is 10.9. The Morgan fingerprint density at radius 2 is 1.94 bits per heavy atom. The Kier molecular flexibility index (Phi) is 4.59. The molecule has 0 aromatic carbocycles. The van der Waals surface area contributed by atoms with E-state index in [1.54, 1.807) is 34.8 Å². The lowest BCUT2D eigenvalue weighted by molar-refractivity contribution is -0.176. The van der Waals surface area contributed by atoms with E-state index < -0.39 is 5.91 Å². The summed E-state index contributed by atoms with van der Waals surface area (Å²) in [6, 6.07) is 3.50. The number of nitrogens with one attached hydrogen (secondary N) is 1. The molecule has 3 fully saturated rings. The van der Waals surface area contributed by atoms with Crippen molar-refractivity contribution in [2.24, 2.45) is 12.5 Å². The molecule has 3 aliphatic rings. The molecule has 33 heavy (non-hydrogen) atoms. The zero-order chi connectivity index (χ0) is 22.6. The first-order valence-corrected chi connectivity index (χ1v) is 10.9. The predicted octanol–water partition coefficient (Wildman–Crippen LogP) is 0.0241. The molecule has 0 unspecified atom stereocenters. The van der Waals surface area contributed by atoms with Gasteiger partial charge in [0.15, 0.2) is 5.65 Å². The molecule has 6 rings (SSSR count). The molecule has 1 N–H and O–H groups in total. The number of nitrogens with zero attached hydrogens (tertiary/aromatic N) is 7. The number of hydrogen-bond donors (Lipinski definition) is 1. The third-order valence-electron chi connectivity index (χ3n) is 6.42. The number of amides is 2. The van der Waals surface area contributed by atoms with E-state index in [-0.39, 0.29) is 17.0 Å². The van der Waals surface area contributed by atoms with Crippen LogP contribution in [0.25, 0.3) is 5.65 Å². The van der Waals surface area contributed by atoms with Crippen molar-refractivity contribution in [3.8, 4) is 0 Å². The normalized spacial score (nSPS) is 19.4. The van der Waals surface area contributed by atoms with Crippen LogP contribution in [-0.2, 0) is 16.5 Å².